The number of rotatable bonds is 8. The number of aryl methyl sites for hydroxylation is 1. The molecule has 0 unspecified atom stereocenters. The summed E-state index contributed by atoms with van der Waals surface area (Å²) >= 11 is 1.23. The number of hydrogen-bond donors (Lipinski definition) is 1. The van der Waals surface area contributed by atoms with Crippen LogP contribution in [0.5, 0.6) is 0 Å². The number of carbonyl (C=O) groups is 3. The lowest BCUT2D eigenvalue weighted by Crippen LogP contribution is -2.30. The molecule has 0 aliphatic rings. The Hall–Kier alpha value is -3.52. The second-order valence-electron chi connectivity index (χ2n) is 6.98. The molecule has 0 bridgehead atoms. The summed E-state index contributed by atoms with van der Waals surface area (Å²) in [5.74, 6) is -1.11. The Kier molecular flexibility index (Phi) is 7.72. The molecule has 0 atom stereocenters. The van der Waals surface area contributed by atoms with Gasteiger partial charge in [0.15, 0.2) is 6.61 Å². The number of hydrogen-bond acceptors (Lipinski definition) is 6. The summed E-state index contributed by atoms with van der Waals surface area (Å²) in [6, 6.07) is 16.2. The third-order valence-corrected chi connectivity index (χ3v) is 5.99. The lowest BCUT2D eigenvalue weighted by atomic mass is 10.2. The summed E-state index contributed by atoms with van der Waals surface area (Å²) in [5.41, 5.74) is 2.54. The molecular formula is C24H25N3O4S. The Morgan fingerprint density at radius 2 is 1.66 bits per heavy atom. The predicted molar refractivity (Wildman–Crippen MR) is 125 cm³/mol. The predicted octanol–water partition coefficient (Wildman–Crippen LogP) is 4.40. The van der Waals surface area contributed by atoms with Crippen LogP contribution in [0.4, 0.5) is 5.69 Å². The van der Waals surface area contributed by atoms with E-state index in [1.807, 2.05) is 44.2 Å². The zero-order valence-electron chi connectivity index (χ0n) is 18.3. The lowest BCUT2D eigenvalue weighted by molar-refractivity contribution is -0.119. The number of esters is 1. The van der Waals surface area contributed by atoms with Gasteiger partial charge in [-0.2, -0.15) is 0 Å². The van der Waals surface area contributed by atoms with Crippen LogP contribution >= 0.6 is 11.3 Å². The van der Waals surface area contributed by atoms with E-state index in [1.165, 1.54) is 11.3 Å². The van der Waals surface area contributed by atoms with Gasteiger partial charge in [0.2, 0.25) is 0 Å². The average Bonchev–Trinajstić information content (AvgIpc) is 3.21. The Labute approximate surface area is 191 Å². The zero-order valence-corrected chi connectivity index (χ0v) is 19.1. The highest BCUT2D eigenvalue weighted by Crippen LogP contribution is 2.28. The first-order valence-electron chi connectivity index (χ1n) is 10.3. The van der Waals surface area contributed by atoms with Crippen LogP contribution in [0, 0.1) is 6.92 Å². The molecule has 32 heavy (non-hydrogen) atoms. The molecule has 0 radical (unpaired) electrons. The van der Waals surface area contributed by atoms with Gasteiger partial charge in [-0.05, 0) is 45.0 Å². The number of benzene rings is 2. The standard InChI is InChI=1S/C24H25N3O4S/c1-4-27(5-2)23(29)18-11-13-19(14-12-18)26-20(28)15-31-24(30)21-16(3)25-22(32-21)17-9-7-6-8-10-17/h6-14H,4-5,15H2,1-3H3,(H,26,28). The summed E-state index contributed by atoms with van der Waals surface area (Å²) in [7, 11) is 0. The molecule has 8 heteroatoms. The number of nitrogens with one attached hydrogen (secondary N) is 1. The Morgan fingerprint density at radius 3 is 2.28 bits per heavy atom. The van der Waals surface area contributed by atoms with Crippen molar-refractivity contribution in [1.82, 2.24) is 9.88 Å². The molecule has 1 heterocycles. The van der Waals surface area contributed by atoms with Crippen molar-refractivity contribution in [3.05, 3.63) is 70.7 Å². The molecule has 1 aromatic heterocycles. The second-order valence-corrected chi connectivity index (χ2v) is 7.98. The van der Waals surface area contributed by atoms with Gasteiger partial charge in [0, 0.05) is 29.9 Å². The van der Waals surface area contributed by atoms with Crippen molar-refractivity contribution >= 4 is 34.8 Å². The average molecular weight is 452 g/mol. The van der Waals surface area contributed by atoms with Crippen LogP contribution in [0.15, 0.2) is 54.6 Å². The van der Waals surface area contributed by atoms with Crippen molar-refractivity contribution in [1.29, 1.82) is 0 Å². The molecule has 166 valence electrons. The van der Waals surface area contributed by atoms with E-state index in [1.54, 1.807) is 36.1 Å². The third-order valence-electron chi connectivity index (χ3n) is 4.80. The number of thiazole rings is 1. The first-order chi connectivity index (χ1) is 15.4. The van der Waals surface area contributed by atoms with Gasteiger partial charge < -0.3 is 15.0 Å². The topological polar surface area (TPSA) is 88.6 Å². The first kappa shape index (κ1) is 23.1. The van der Waals surface area contributed by atoms with E-state index < -0.39 is 18.5 Å². The smallest absolute Gasteiger partial charge is 0.350 e. The SMILES string of the molecule is CCN(CC)C(=O)c1ccc(NC(=O)COC(=O)c2sc(-c3ccccc3)nc2C)cc1. The van der Waals surface area contributed by atoms with Crippen LogP contribution in [0.2, 0.25) is 0 Å². The quantitative estimate of drug-likeness (QED) is 0.513. The van der Waals surface area contributed by atoms with Gasteiger partial charge in [-0.1, -0.05) is 30.3 Å². The number of anilines is 1. The van der Waals surface area contributed by atoms with Gasteiger partial charge in [-0.25, -0.2) is 9.78 Å². The number of nitrogens with zero attached hydrogens (tertiary/aromatic N) is 2. The number of ether oxygens (including phenoxy) is 1. The van der Waals surface area contributed by atoms with Gasteiger partial charge in [-0.3, -0.25) is 9.59 Å². The van der Waals surface area contributed by atoms with Crippen LogP contribution < -0.4 is 5.32 Å². The molecule has 0 aliphatic heterocycles. The lowest BCUT2D eigenvalue weighted by Gasteiger charge is -2.18. The minimum atomic E-state index is -0.586. The third kappa shape index (κ3) is 5.59. The Balaban J connectivity index is 1.55. The van der Waals surface area contributed by atoms with Gasteiger partial charge in [0.25, 0.3) is 11.8 Å². The van der Waals surface area contributed by atoms with E-state index >= 15 is 0 Å². The van der Waals surface area contributed by atoms with Crippen LogP contribution in [0.1, 0.15) is 39.6 Å². The van der Waals surface area contributed by atoms with E-state index in [0.717, 1.165) is 10.6 Å². The van der Waals surface area contributed by atoms with E-state index in [9.17, 15) is 14.4 Å². The minimum absolute atomic E-state index is 0.0587. The summed E-state index contributed by atoms with van der Waals surface area (Å²) in [4.78, 5) is 43.5. The summed E-state index contributed by atoms with van der Waals surface area (Å²) < 4.78 is 5.17. The van der Waals surface area contributed by atoms with Crippen molar-refractivity contribution in [3.63, 3.8) is 0 Å². The summed E-state index contributed by atoms with van der Waals surface area (Å²) in [6.45, 7) is 6.43. The fraction of sp³-hybridized carbons (Fsp3) is 0.250. The molecule has 0 spiro atoms. The van der Waals surface area contributed by atoms with Crippen molar-refractivity contribution in [2.24, 2.45) is 0 Å². The van der Waals surface area contributed by atoms with Crippen LogP contribution in [0.3, 0.4) is 0 Å². The van der Waals surface area contributed by atoms with Crippen LogP contribution in [-0.2, 0) is 9.53 Å². The largest absolute Gasteiger partial charge is 0.451 e. The van der Waals surface area contributed by atoms with Crippen molar-refractivity contribution in [2.75, 3.05) is 25.0 Å². The maximum atomic E-state index is 12.4. The Morgan fingerprint density at radius 1 is 1.00 bits per heavy atom. The normalized spacial score (nSPS) is 10.5. The van der Waals surface area contributed by atoms with Gasteiger partial charge in [0.1, 0.15) is 9.88 Å². The maximum absolute atomic E-state index is 12.4. The molecule has 3 rings (SSSR count). The first-order valence-corrected chi connectivity index (χ1v) is 11.1. The van der Waals surface area contributed by atoms with E-state index in [4.69, 9.17) is 4.74 Å². The van der Waals surface area contributed by atoms with Crippen molar-refractivity contribution in [2.45, 2.75) is 20.8 Å². The number of aromatic nitrogens is 1. The highest BCUT2D eigenvalue weighted by molar-refractivity contribution is 7.17. The fourth-order valence-electron chi connectivity index (χ4n) is 3.07. The van der Waals surface area contributed by atoms with Gasteiger partial charge in [-0.15, -0.1) is 11.3 Å². The number of amides is 2. The summed E-state index contributed by atoms with van der Waals surface area (Å²) in [5, 5.41) is 3.39. The molecule has 2 aromatic carbocycles. The second kappa shape index (κ2) is 10.7. The van der Waals surface area contributed by atoms with Gasteiger partial charge in [0.05, 0.1) is 5.69 Å². The summed E-state index contributed by atoms with van der Waals surface area (Å²) in [6.07, 6.45) is 0. The van der Waals surface area contributed by atoms with Gasteiger partial charge >= 0.3 is 5.97 Å². The molecule has 3 aromatic rings. The van der Waals surface area contributed by atoms with Crippen LogP contribution in [0.25, 0.3) is 10.6 Å². The van der Waals surface area contributed by atoms with Crippen molar-refractivity contribution in [3.8, 4) is 10.6 Å². The molecule has 0 saturated heterocycles. The zero-order chi connectivity index (χ0) is 23.1. The molecule has 0 aliphatic carbocycles. The fourth-order valence-corrected chi connectivity index (χ4v) is 4.04. The van der Waals surface area contributed by atoms with Crippen LogP contribution in [-0.4, -0.2) is 47.4 Å². The highest BCUT2D eigenvalue weighted by atomic mass is 32.1. The van der Waals surface area contributed by atoms with E-state index in [2.05, 4.69) is 10.3 Å². The maximum Gasteiger partial charge on any atom is 0.350 e. The molecule has 0 fully saturated rings. The molecule has 1 N–H and O–H groups in total. The van der Waals surface area contributed by atoms with E-state index in [-0.39, 0.29) is 5.91 Å². The molecule has 7 nitrogen and oxygen atoms in total. The monoisotopic (exact) mass is 451 g/mol. The molecule has 0 saturated carbocycles. The highest BCUT2D eigenvalue weighted by Gasteiger charge is 2.19. The Bertz CT molecular complexity index is 1090. The number of carbonyl (C=O) groups excluding carboxylic acids is 3. The minimum Gasteiger partial charge on any atom is -0.451 e. The molecular weight excluding hydrogens is 426 g/mol. The van der Waals surface area contributed by atoms with E-state index in [0.29, 0.717) is 34.9 Å². The van der Waals surface area contributed by atoms with Crippen molar-refractivity contribution < 1.29 is 19.1 Å². The molecule has 2 amide bonds.